The second kappa shape index (κ2) is 10.5. The molecule has 0 saturated carbocycles. The Morgan fingerprint density at radius 1 is 1.11 bits per heavy atom. The number of rotatable bonds is 8. The van der Waals surface area contributed by atoms with Crippen molar-refractivity contribution in [3.63, 3.8) is 0 Å². The third-order valence-electron chi connectivity index (χ3n) is 6.33. The first-order valence-corrected chi connectivity index (χ1v) is 13.7. The van der Waals surface area contributed by atoms with Gasteiger partial charge in [0, 0.05) is 31.0 Å². The van der Waals surface area contributed by atoms with Gasteiger partial charge in [0.25, 0.3) is 0 Å². The van der Waals surface area contributed by atoms with Crippen LogP contribution in [0.5, 0.6) is 0 Å². The van der Waals surface area contributed by atoms with Gasteiger partial charge >= 0.3 is 0 Å². The Kier molecular flexibility index (Phi) is 7.64. The first kappa shape index (κ1) is 25.4. The van der Waals surface area contributed by atoms with Gasteiger partial charge in [-0.15, -0.1) is 0 Å². The molecular formula is C26H28ClFN2O4S. The van der Waals surface area contributed by atoms with E-state index >= 15 is 0 Å². The lowest BCUT2D eigenvalue weighted by Gasteiger charge is -2.44. The Balaban J connectivity index is 1.39. The van der Waals surface area contributed by atoms with E-state index in [2.05, 4.69) is 29.2 Å². The van der Waals surface area contributed by atoms with Crippen molar-refractivity contribution in [1.29, 1.82) is 0 Å². The molecule has 1 aliphatic carbocycles. The SMILES string of the molecule is CC1C(Cl)=C(OCC2CN(C(c3ccccc3)c3ccccc3)C2)C=C(F)C1C(=O)NS(C)(=O)=O. The van der Waals surface area contributed by atoms with Crippen LogP contribution < -0.4 is 4.72 Å². The molecule has 9 heteroatoms. The van der Waals surface area contributed by atoms with E-state index in [9.17, 15) is 17.6 Å². The summed E-state index contributed by atoms with van der Waals surface area (Å²) in [5.41, 5.74) is 2.43. The monoisotopic (exact) mass is 518 g/mol. The number of benzene rings is 2. The van der Waals surface area contributed by atoms with Crippen molar-refractivity contribution in [3.8, 4) is 0 Å². The number of allylic oxidation sites excluding steroid dienone is 2. The molecule has 6 nitrogen and oxygen atoms in total. The molecule has 2 atom stereocenters. The van der Waals surface area contributed by atoms with Gasteiger partial charge in [0.15, 0.2) is 0 Å². The summed E-state index contributed by atoms with van der Waals surface area (Å²) in [6, 6.07) is 20.8. The van der Waals surface area contributed by atoms with E-state index in [1.165, 1.54) is 11.1 Å². The number of carbonyl (C=O) groups excluding carboxylic acids is 1. The van der Waals surface area contributed by atoms with Gasteiger partial charge in [0.1, 0.15) is 11.6 Å². The maximum Gasteiger partial charge on any atom is 0.244 e. The number of amides is 1. The largest absolute Gasteiger partial charge is 0.492 e. The van der Waals surface area contributed by atoms with Gasteiger partial charge in [-0.25, -0.2) is 12.8 Å². The third kappa shape index (κ3) is 5.94. The smallest absolute Gasteiger partial charge is 0.244 e. The van der Waals surface area contributed by atoms with Crippen LogP contribution in [0.15, 0.2) is 83.4 Å². The molecule has 1 fully saturated rings. The Hall–Kier alpha value is -2.68. The van der Waals surface area contributed by atoms with Crippen LogP contribution >= 0.6 is 11.6 Å². The third-order valence-corrected chi connectivity index (χ3v) is 7.43. The number of carbonyl (C=O) groups is 1. The Bertz CT molecular complexity index is 1190. The van der Waals surface area contributed by atoms with E-state index in [0.29, 0.717) is 6.61 Å². The number of sulfonamides is 1. The Morgan fingerprint density at radius 3 is 2.17 bits per heavy atom. The summed E-state index contributed by atoms with van der Waals surface area (Å²) in [5.74, 6) is -3.38. The van der Waals surface area contributed by atoms with E-state index in [-0.39, 0.29) is 22.8 Å². The molecule has 186 valence electrons. The van der Waals surface area contributed by atoms with Gasteiger partial charge < -0.3 is 4.74 Å². The normalized spacial score (nSPS) is 21.5. The highest BCUT2D eigenvalue weighted by Gasteiger charge is 2.39. The maximum absolute atomic E-state index is 14.7. The highest BCUT2D eigenvalue weighted by atomic mass is 35.5. The fraction of sp³-hybridized carbons (Fsp3) is 0.346. The summed E-state index contributed by atoms with van der Waals surface area (Å²) >= 11 is 6.40. The van der Waals surface area contributed by atoms with Crippen LogP contribution in [0.4, 0.5) is 4.39 Å². The molecule has 2 aliphatic rings. The van der Waals surface area contributed by atoms with Gasteiger partial charge in [0.05, 0.1) is 29.9 Å². The summed E-state index contributed by atoms with van der Waals surface area (Å²) < 4.78 is 45.2. The summed E-state index contributed by atoms with van der Waals surface area (Å²) in [7, 11) is -3.81. The topological polar surface area (TPSA) is 75.7 Å². The molecule has 0 aromatic heterocycles. The molecule has 0 radical (unpaired) electrons. The summed E-state index contributed by atoms with van der Waals surface area (Å²) in [5, 5.41) is 0.197. The van der Waals surface area contributed by atoms with Crippen molar-refractivity contribution in [2.45, 2.75) is 13.0 Å². The van der Waals surface area contributed by atoms with Crippen LogP contribution in [0.3, 0.4) is 0 Å². The van der Waals surface area contributed by atoms with Crippen molar-refractivity contribution in [1.82, 2.24) is 9.62 Å². The molecule has 35 heavy (non-hydrogen) atoms. The lowest BCUT2D eigenvalue weighted by molar-refractivity contribution is -0.123. The molecule has 4 rings (SSSR count). The zero-order valence-corrected chi connectivity index (χ0v) is 21.1. The van der Waals surface area contributed by atoms with Crippen LogP contribution in [0.2, 0.25) is 0 Å². The van der Waals surface area contributed by atoms with Gasteiger partial charge in [-0.2, -0.15) is 0 Å². The minimum Gasteiger partial charge on any atom is -0.492 e. The van der Waals surface area contributed by atoms with Crippen molar-refractivity contribution >= 4 is 27.5 Å². The first-order valence-electron chi connectivity index (χ1n) is 11.4. The quantitative estimate of drug-likeness (QED) is 0.561. The second-order valence-corrected chi connectivity index (χ2v) is 11.3. The molecule has 1 heterocycles. The lowest BCUT2D eigenvalue weighted by atomic mass is 9.87. The van der Waals surface area contributed by atoms with E-state index in [0.717, 1.165) is 25.4 Å². The van der Waals surface area contributed by atoms with Gasteiger partial charge in [-0.05, 0) is 11.1 Å². The average molecular weight is 519 g/mol. The van der Waals surface area contributed by atoms with Crippen LogP contribution in [0, 0.1) is 17.8 Å². The highest BCUT2D eigenvalue weighted by molar-refractivity contribution is 7.89. The lowest BCUT2D eigenvalue weighted by Crippen LogP contribution is -2.50. The van der Waals surface area contributed by atoms with Crippen molar-refractivity contribution in [3.05, 3.63) is 94.5 Å². The number of likely N-dealkylation sites (tertiary alicyclic amines) is 1. The number of nitrogens with zero attached hydrogens (tertiary/aromatic N) is 1. The van der Waals surface area contributed by atoms with E-state index in [4.69, 9.17) is 16.3 Å². The van der Waals surface area contributed by atoms with Crippen LogP contribution in [0.25, 0.3) is 0 Å². The molecule has 2 aromatic rings. The standard InChI is InChI=1S/C26H28ClFN2O4S/c1-17-23(26(31)29-35(2,32)33)21(28)13-22(24(17)27)34-16-18-14-30(15-18)25(19-9-5-3-6-10-19)20-11-7-4-8-12-20/h3-13,17-18,23,25H,14-16H2,1-2H3,(H,29,31). The van der Waals surface area contributed by atoms with E-state index in [1.807, 2.05) is 41.1 Å². The molecule has 1 amide bonds. The predicted molar refractivity (Wildman–Crippen MR) is 133 cm³/mol. The van der Waals surface area contributed by atoms with E-state index < -0.39 is 33.6 Å². The molecule has 2 aromatic carbocycles. The number of halogens is 2. The molecule has 2 unspecified atom stereocenters. The minimum absolute atomic E-state index is 0.137. The van der Waals surface area contributed by atoms with Crippen molar-refractivity contribution in [2.24, 2.45) is 17.8 Å². The molecule has 1 aliphatic heterocycles. The molecule has 0 bridgehead atoms. The number of ether oxygens (including phenoxy) is 1. The van der Waals surface area contributed by atoms with E-state index in [1.54, 1.807) is 6.92 Å². The number of hydrogen-bond acceptors (Lipinski definition) is 5. The average Bonchev–Trinajstić information content (AvgIpc) is 2.78. The van der Waals surface area contributed by atoms with Crippen molar-refractivity contribution < 1.29 is 22.3 Å². The Morgan fingerprint density at radius 2 is 1.66 bits per heavy atom. The zero-order chi connectivity index (χ0) is 25.2. The number of nitrogens with one attached hydrogen (secondary N) is 1. The number of hydrogen-bond donors (Lipinski definition) is 1. The van der Waals surface area contributed by atoms with Crippen LogP contribution in [-0.2, 0) is 19.6 Å². The molecule has 0 spiro atoms. The Labute approximate surface area is 210 Å². The van der Waals surface area contributed by atoms with Gasteiger partial charge in [-0.1, -0.05) is 79.2 Å². The predicted octanol–water partition coefficient (Wildman–Crippen LogP) is 4.37. The van der Waals surface area contributed by atoms with Crippen LogP contribution in [-0.4, -0.2) is 45.2 Å². The zero-order valence-electron chi connectivity index (χ0n) is 19.5. The van der Waals surface area contributed by atoms with Crippen LogP contribution in [0.1, 0.15) is 24.1 Å². The molecule has 1 saturated heterocycles. The minimum atomic E-state index is -3.81. The van der Waals surface area contributed by atoms with Gasteiger partial charge in [-0.3, -0.25) is 14.4 Å². The maximum atomic E-state index is 14.7. The fourth-order valence-corrected chi connectivity index (χ4v) is 5.35. The second-order valence-electron chi connectivity index (χ2n) is 9.10. The van der Waals surface area contributed by atoms with Gasteiger partial charge in [0.2, 0.25) is 15.9 Å². The highest BCUT2D eigenvalue weighted by Crippen LogP contribution is 2.39. The summed E-state index contributed by atoms with van der Waals surface area (Å²) in [6.45, 7) is 3.54. The molecular weight excluding hydrogens is 491 g/mol. The summed E-state index contributed by atoms with van der Waals surface area (Å²) in [6.07, 6.45) is 1.93. The summed E-state index contributed by atoms with van der Waals surface area (Å²) in [4.78, 5) is 14.6. The van der Waals surface area contributed by atoms with Crippen molar-refractivity contribution in [2.75, 3.05) is 26.0 Å². The fourth-order valence-electron chi connectivity index (χ4n) is 4.62. The first-order chi connectivity index (χ1) is 16.6. The molecule has 1 N–H and O–H groups in total.